The quantitative estimate of drug-likeness (QED) is 0.570. The first-order valence-electron chi connectivity index (χ1n) is 7.92. The summed E-state index contributed by atoms with van der Waals surface area (Å²) in [6, 6.07) is 5.25. The molecule has 4 rings (SSSR count). The Kier molecular flexibility index (Phi) is 3.75. The predicted octanol–water partition coefficient (Wildman–Crippen LogP) is 2.53. The van der Waals surface area contributed by atoms with Gasteiger partial charge < -0.3 is 15.4 Å². The van der Waals surface area contributed by atoms with Crippen LogP contribution in [0.3, 0.4) is 0 Å². The normalized spacial score (nSPS) is 17.0. The summed E-state index contributed by atoms with van der Waals surface area (Å²) in [5.74, 6) is -0.116. The van der Waals surface area contributed by atoms with Crippen molar-refractivity contribution >= 4 is 34.7 Å². The van der Waals surface area contributed by atoms with Crippen LogP contribution in [0.15, 0.2) is 23.0 Å². The molecule has 3 N–H and O–H groups in total. The molecule has 130 valence electrons. The molecule has 0 saturated heterocycles. The summed E-state index contributed by atoms with van der Waals surface area (Å²) in [6.45, 7) is 0.694. The van der Waals surface area contributed by atoms with Gasteiger partial charge in [-0.2, -0.15) is 0 Å². The van der Waals surface area contributed by atoms with Crippen LogP contribution in [0, 0.1) is 4.77 Å². The second-order valence-electron chi connectivity index (χ2n) is 6.29. The predicted molar refractivity (Wildman–Crippen MR) is 100 cm³/mol. The van der Waals surface area contributed by atoms with Crippen LogP contribution in [-0.4, -0.2) is 25.8 Å². The van der Waals surface area contributed by atoms with Gasteiger partial charge in [-0.05, 0) is 42.4 Å². The minimum Gasteiger partial charge on any atom is -0.494 e. The first-order chi connectivity index (χ1) is 11.9. The number of H-pyrrole nitrogens is 1. The monoisotopic (exact) mass is 376 g/mol. The third kappa shape index (κ3) is 2.34. The Bertz CT molecular complexity index is 1130. The van der Waals surface area contributed by atoms with Crippen LogP contribution in [0.25, 0.3) is 10.9 Å². The molecule has 0 spiro atoms. The SMILES string of the molecule is Cn1c(O)c([C@@H]2NCCc3c2[nH]c2ccc(Cl)cc32)c(=O)n(C)c1=S. The molecule has 8 heteroatoms. The summed E-state index contributed by atoms with van der Waals surface area (Å²) in [7, 11) is 3.26. The van der Waals surface area contributed by atoms with E-state index < -0.39 is 6.04 Å². The lowest BCUT2D eigenvalue weighted by Gasteiger charge is -2.25. The molecule has 3 heterocycles. The lowest BCUT2D eigenvalue weighted by atomic mass is 9.95. The molecule has 1 aliphatic heterocycles. The lowest BCUT2D eigenvalue weighted by molar-refractivity contribution is 0.394. The van der Waals surface area contributed by atoms with E-state index in [-0.39, 0.29) is 21.8 Å². The number of aromatic hydroxyl groups is 1. The molecule has 0 bridgehead atoms. The largest absolute Gasteiger partial charge is 0.494 e. The highest BCUT2D eigenvalue weighted by atomic mass is 35.5. The molecule has 6 nitrogen and oxygen atoms in total. The van der Waals surface area contributed by atoms with Gasteiger partial charge in [-0.25, -0.2) is 0 Å². The van der Waals surface area contributed by atoms with Crippen molar-refractivity contribution in [3.8, 4) is 5.88 Å². The van der Waals surface area contributed by atoms with E-state index in [1.807, 2.05) is 18.2 Å². The molecular weight excluding hydrogens is 360 g/mol. The van der Waals surface area contributed by atoms with Crippen molar-refractivity contribution < 1.29 is 5.11 Å². The van der Waals surface area contributed by atoms with Crippen molar-refractivity contribution in [3.05, 3.63) is 55.2 Å². The number of aromatic amines is 1. The molecule has 0 radical (unpaired) electrons. The number of hydrogen-bond donors (Lipinski definition) is 3. The molecule has 1 aromatic carbocycles. The van der Waals surface area contributed by atoms with Crippen LogP contribution >= 0.6 is 23.8 Å². The fourth-order valence-electron chi connectivity index (χ4n) is 3.56. The number of fused-ring (bicyclic) bond motifs is 3. The number of rotatable bonds is 1. The highest BCUT2D eigenvalue weighted by molar-refractivity contribution is 7.71. The molecule has 0 unspecified atom stereocenters. The minimum absolute atomic E-state index is 0.116. The van der Waals surface area contributed by atoms with Crippen LogP contribution in [0.4, 0.5) is 0 Å². The maximum atomic E-state index is 12.8. The van der Waals surface area contributed by atoms with Gasteiger partial charge >= 0.3 is 0 Å². The van der Waals surface area contributed by atoms with E-state index in [1.165, 1.54) is 9.13 Å². The first kappa shape index (κ1) is 16.4. The van der Waals surface area contributed by atoms with Crippen LogP contribution in [0.2, 0.25) is 5.02 Å². The molecule has 1 atom stereocenters. The Hall–Kier alpha value is -2.09. The number of halogens is 1. The number of hydrogen-bond acceptors (Lipinski definition) is 4. The Balaban J connectivity index is 2.01. The Morgan fingerprint density at radius 1 is 1.32 bits per heavy atom. The third-order valence-electron chi connectivity index (χ3n) is 4.87. The summed E-state index contributed by atoms with van der Waals surface area (Å²) in [4.78, 5) is 16.2. The van der Waals surface area contributed by atoms with Gasteiger partial charge in [-0.1, -0.05) is 11.6 Å². The molecule has 0 amide bonds. The van der Waals surface area contributed by atoms with Crippen molar-refractivity contribution in [2.24, 2.45) is 14.1 Å². The van der Waals surface area contributed by atoms with Crippen molar-refractivity contribution in [3.63, 3.8) is 0 Å². The maximum absolute atomic E-state index is 12.8. The fraction of sp³-hybridized carbons (Fsp3) is 0.294. The van der Waals surface area contributed by atoms with E-state index in [0.717, 1.165) is 28.6 Å². The van der Waals surface area contributed by atoms with E-state index in [0.29, 0.717) is 11.6 Å². The molecule has 0 fully saturated rings. The number of aromatic nitrogens is 3. The average Bonchev–Trinajstić information content (AvgIpc) is 2.97. The standard InChI is InChI=1S/C17H17ClN4O2S/c1-21-15(23)12(16(24)22(2)17(21)25)14-13-9(5-6-19-14)10-7-8(18)3-4-11(10)20-13/h3-4,7,14,19-20,23H,5-6H2,1-2H3/t14-/m0/s1. The second-order valence-corrected chi connectivity index (χ2v) is 7.09. The van der Waals surface area contributed by atoms with Gasteiger partial charge in [0.25, 0.3) is 5.56 Å². The van der Waals surface area contributed by atoms with E-state index in [9.17, 15) is 9.90 Å². The summed E-state index contributed by atoms with van der Waals surface area (Å²) in [5.41, 5.74) is 2.95. The van der Waals surface area contributed by atoms with Gasteiger partial charge in [-0.15, -0.1) is 0 Å². The van der Waals surface area contributed by atoms with Crippen molar-refractivity contribution in [2.45, 2.75) is 12.5 Å². The van der Waals surface area contributed by atoms with E-state index in [4.69, 9.17) is 23.8 Å². The smallest absolute Gasteiger partial charge is 0.263 e. The first-order valence-corrected chi connectivity index (χ1v) is 8.71. The molecule has 2 aromatic heterocycles. The summed E-state index contributed by atoms with van der Waals surface area (Å²) < 4.78 is 3.09. The molecule has 1 aliphatic rings. The fourth-order valence-corrected chi connectivity index (χ4v) is 3.90. The Morgan fingerprint density at radius 2 is 2.08 bits per heavy atom. The number of nitrogens with one attached hydrogen (secondary N) is 2. The zero-order valence-corrected chi connectivity index (χ0v) is 15.3. The Labute approximate surface area is 153 Å². The van der Waals surface area contributed by atoms with Gasteiger partial charge in [0.1, 0.15) is 5.56 Å². The van der Waals surface area contributed by atoms with Crippen LogP contribution in [0.1, 0.15) is 22.9 Å². The van der Waals surface area contributed by atoms with Gasteiger partial charge in [0.2, 0.25) is 5.88 Å². The van der Waals surface area contributed by atoms with E-state index >= 15 is 0 Å². The zero-order chi connectivity index (χ0) is 17.9. The van der Waals surface area contributed by atoms with Gasteiger partial charge in [0.15, 0.2) is 4.77 Å². The molecule has 0 saturated carbocycles. The molecule has 25 heavy (non-hydrogen) atoms. The summed E-state index contributed by atoms with van der Waals surface area (Å²) in [5, 5.41) is 15.6. The van der Waals surface area contributed by atoms with Gasteiger partial charge in [0, 0.05) is 42.3 Å². The minimum atomic E-state index is -0.435. The molecular formula is C17H17ClN4O2S. The van der Waals surface area contributed by atoms with E-state index in [1.54, 1.807) is 14.1 Å². The van der Waals surface area contributed by atoms with Gasteiger partial charge in [-0.3, -0.25) is 13.9 Å². The Morgan fingerprint density at radius 3 is 2.84 bits per heavy atom. The zero-order valence-electron chi connectivity index (χ0n) is 13.8. The van der Waals surface area contributed by atoms with E-state index in [2.05, 4.69) is 10.3 Å². The molecule has 3 aromatic rings. The van der Waals surface area contributed by atoms with Crippen molar-refractivity contribution in [2.75, 3.05) is 6.54 Å². The van der Waals surface area contributed by atoms with Crippen LogP contribution < -0.4 is 10.9 Å². The summed E-state index contributed by atoms with van der Waals surface area (Å²) >= 11 is 11.3. The van der Waals surface area contributed by atoms with Crippen molar-refractivity contribution in [1.82, 2.24) is 19.4 Å². The summed E-state index contributed by atoms with van der Waals surface area (Å²) in [6.07, 6.45) is 0.818. The van der Waals surface area contributed by atoms with Crippen LogP contribution in [-0.2, 0) is 20.5 Å². The van der Waals surface area contributed by atoms with Crippen molar-refractivity contribution in [1.29, 1.82) is 0 Å². The number of benzene rings is 1. The van der Waals surface area contributed by atoms with Crippen LogP contribution in [0.5, 0.6) is 5.88 Å². The van der Waals surface area contributed by atoms with Gasteiger partial charge in [0.05, 0.1) is 6.04 Å². The lowest BCUT2D eigenvalue weighted by Crippen LogP contribution is -2.37. The second kappa shape index (κ2) is 5.72. The molecule has 0 aliphatic carbocycles. The highest BCUT2D eigenvalue weighted by Crippen LogP contribution is 2.35. The highest BCUT2D eigenvalue weighted by Gasteiger charge is 2.30. The third-order valence-corrected chi connectivity index (χ3v) is 5.65. The number of nitrogens with zero attached hydrogens (tertiary/aromatic N) is 2. The maximum Gasteiger partial charge on any atom is 0.263 e. The average molecular weight is 377 g/mol. The topological polar surface area (TPSA) is 75.0 Å².